The predicted molar refractivity (Wildman–Crippen MR) is 120 cm³/mol. The van der Waals surface area contributed by atoms with Gasteiger partial charge in [0, 0.05) is 38.0 Å². The number of hydrogen-bond donors (Lipinski definition) is 1. The van der Waals surface area contributed by atoms with E-state index in [4.69, 9.17) is 0 Å². The largest absolute Gasteiger partial charge is 0.342 e. The third-order valence-electron chi connectivity index (χ3n) is 6.72. The summed E-state index contributed by atoms with van der Waals surface area (Å²) in [5, 5.41) is 8.63. The van der Waals surface area contributed by atoms with Crippen molar-refractivity contribution >= 4 is 28.5 Å². The van der Waals surface area contributed by atoms with E-state index >= 15 is 0 Å². The molecule has 168 valence electrons. The molecule has 6 rings (SSSR count). The molecule has 1 aliphatic carbocycles. The van der Waals surface area contributed by atoms with Crippen molar-refractivity contribution < 1.29 is 9.18 Å². The Labute approximate surface area is 188 Å². The van der Waals surface area contributed by atoms with Gasteiger partial charge in [0.1, 0.15) is 5.82 Å². The van der Waals surface area contributed by atoms with Gasteiger partial charge in [-0.15, -0.1) is 0 Å². The van der Waals surface area contributed by atoms with Crippen molar-refractivity contribution in [2.24, 2.45) is 11.8 Å². The Morgan fingerprint density at radius 2 is 1.76 bits per heavy atom. The molecule has 9 nitrogen and oxygen atoms in total. The smallest absolute Gasteiger partial charge is 0.260 e. The lowest BCUT2D eigenvalue weighted by atomic mass is 10.0. The topological polar surface area (TPSA) is 100 Å². The van der Waals surface area contributed by atoms with E-state index in [9.17, 15) is 14.0 Å². The maximum atomic E-state index is 13.5. The van der Waals surface area contributed by atoms with Crippen LogP contribution in [0.4, 0.5) is 10.3 Å². The van der Waals surface area contributed by atoms with Gasteiger partial charge in [-0.1, -0.05) is 12.2 Å². The van der Waals surface area contributed by atoms with E-state index in [1.165, 1.54) is 23.0 Å². The fourth-order valence-electron chi connectivity index (χ4n) is 5.14. The number of rotatable bonds is 3. The number of H-pyrrole nitrogens is 1. The first-order valence-corrected chi connectivity index (χ1v) is 11.1. The van der Waals surface area contributed by atoms with E-state index in [2.05, 4.69) is 25.1 Å². The summed E-state index contributed by atoms with van der Waals surface area (Å²) in [6.45, 7) is 2.71. The lowest BCUT2D eigenvalue weighted by Crippen LogP contribution is -2.35. The third-order valence-corrected chi connectivity index (χ3v) is 6.72. The first-order valence-electron chi connectivity index (χ1n) is 11.1. The summed E-state index contributed by atoms with van der Waals surface area (Å²) in [4.78, 5) is 38.6. The minimum atomic E-state index is -0.461. The number of benzene rings is 1. The molecule has 0 spiro atoms. The van der Waals surface area contributed by atoms with Gasteiger partial charge in [0.2, 0.25) is 5.95 Å². The van der Waals surface area contributed by atoms with Gasteiger partial charge in [0.05, 0.1) is 34.6 Å². The van der Waals surface area contributed by atoms with Gasteiger partial charge in [-0.05, 0) is 31.0 Å². The quantitative estimate of drug-likeness (QED) is 0.657. The Bertz CT molecular complexity index is 1350. The SMILES string of the molecule is O=C(C1=CCCC=C1n1nccn1)N1CC2CN(c3nc4ccc(F)cc4c(=O)[nH]3)CC2C1. The van der Waals surface area contributed by atoms with Gasteiger partial charge in [-0.25, -0.2) is 9.37 Å². The highest BCUT2D eigenvalue weighted by atomic mass is 19.1. The molecule has 1 N–H and O–H groups in total. The Morgan fingerprint density at radius 3 is 2.52 bits per heavy atom. The summed E-state index contributed by atoms with van der Waals surface area (Å²) >= 11 is 0. The molecule has 2 saturated heterocycles. The first kappa shape index (κ1) is 19.8. The van der Waals surface area contributed by atoms with Gasteiger partial charge in [-0.2, -0.15) is 15.0 Å². The molecule has 2 aromatic heterocycles. The highest BCUT2D eigenvalue weighted by Crippen LogP contribution is 2.35. The van der Waals surface area contributed by atoms with Crippen LogP contribution in [0.1, 0.15) is 12.8 Å². The number of halogens is 1. The Balaban J connectivity index is 1.18. The van der Waals surface area contributed by atoms with E-state index in [0.717, 1.165) is 18.5 Å². The zero-order valence-corrected chi connectivity index (χ0v) is 17.8. The van der Waals surface area contributed by atoms with E-state index in [1.54, 1.807) is 12.4 Å². The molecule has 3 aliphatic rings. The highest BCUT2D eigenvalue weighted by molar-refractivity contribution is 6.05. The molecule has 0 radical (unpaired) electrons. The molecule has 33 heavy (non-hydrogen) atoms. The summed E-state index contributed by atoms with van der Waals surface area (Å²) in [5.41, 5.74) is 1.52. The highest BCUT2D eigenvalue weighted by Gasteiger charge is 2.43. The Morgan fingerprint density at radius 1 is 1.03 bits per heavy atom. The van der Waals surface area contributed by atoms with Crippen LogP contribution in [-0.2, 0) is 4.79 Å². The molecule has 1 aromatic carbocycles. The second kappa shape index (κ2) is 7.65. The standard InChI is InChI=1S/C23H22FN7O2/c24-16-5-6-19-18(9-16)21(32)28-23(27-19)30-12-14-10-29(11-15(14)13-30)22(33)17-3-1-2-4-20(17)31-25-7-8-26-31/h3-9,14-15H,1-2,10-13H2,(H,27,28,32). The average Bonchev–Trinajstić information content (AvgIpc) is 3.56. The number of amides is 1. The average molecular weight is 447 g/mol. The molecule has 1 amide bonds. The van der Waals surface area contributed by atoms with Gasteiger partial charge in [-0.3, -0.25) is 14.6 Å². The minimum absolute atomic E-state index is 0.0125. The van der Waals surface area contributed by atoms with Crippen LogP contribution in [0, 0.1) is 17.7 Å². The van der Waals surface area contributed by atoms with Gasteiger partial charge >= 0.3 is 0 Å². The summed E-state index contributed by atoms with van der Waals surface area (Å²) in [6.07, 6.45) is 8.89. The second-order valence-electron chi connectivity index (χ2n) is 8.79. The van der Waals surface area contributed by atoms with Crippen LogP contribution in [-0.4, -0.2) is 61.9 Å². The van der Waals surface area contributed by atoms with Crippen LogP contribution in [0.15, 0.2) is 53.1 Å². The summed E-state index contributed by atoms with van der Waals surface area (Å²) in [5.74, 6) is 0.637. The second-order valence-corrected chi connectivity index (χ2v) is 8.79. The zero-order chi connectivity index (χ0) is 22.5. The van der Waals surface area contributed by atoms with Crippen molar-refractivity contribution in [3.05, 3.63) is 64.5 Å². The van der Waals surface area contributed by atoms with Crippen molar-refractivity contribution in [1.29, 1.82) is 0 Å². The first-order chi connectivity index (χ1) is 16.1. The molecule has 2 aliphatic heterocycles. The summed E-state index contributed by atoms with van der Waals surface area (Å²) in [6, 6.07) is 4.04. The predicted octanol–water partition coefficient (Wildman–Crippen LogP) is 1.81. The molecule has 10 heteroatoms. The van der Waals surface area contributed by atoms with Crippen LogP contribution < -0.4 is 10.5 Å². The van der Waals surface area contributed by atoms with Crippen molar-refractivity contribution in [3.63, 3.8) is 0 Å². The van der Waals surface area contributed by atoms with Crippen molar-refractivity contribution in [1.82, 2.24) is 29.9 Å². The van der Waals surface area contributed by atoms with Gasteiger partial charge < -0.3 is 9.80 Å². The van der Waals surface area contributed by atoms with E-state index in [-0.39, 0.29) is 16.9 Å². The van der Waals surface area contributed by atoms with Crippen LogP contribution in [0.2, 0.25) is 0 Å². The number of hydrogen-bond acceptors (Lipinski definition) is 6. The number of aromatic amines is 1. The van der Waals surface area contributed by atoms with Crippen molar-refractivity contribution in [2.75, 3.05) is 31.1 Å². The maximum Gasteiger partial charge on any atom is 0.260 e. The number of anilines is 1. The number of allylic oxidation sites excluding steroid dienone is 2. The molecular weight excluding hydrogens is 425 g/mol. The number of carbonyl (C=O) groups is 1. The zero-order valence-electron chi connectivity index (χ0n) is 17.8. The van der Waals surface area contributed by atoms with E-state index < -0.39 is 5.82 Å². The van der Waals surface area contributed by atoms with Crippen LogP contribution >= 0.6 is 0 Å². The number of nitrogens with one attached hydrogen (secondary N) is 1. The minimum Gasteiger partial charge on any atom is -0.342 e. The van der Waals surface area contributed by atoms with Crippen molar-refractivity contribution in [2.45, 2.75) is 12.8 Å². The number of carbonyl (C=O) groups excluding carboxylic acids is 1. The van der Waals surface area contributed by atoms with Crippen LogP contribution in [0.25, 0.3) is 16.6 Å². The maximum absolute atomic E-state index is 13.5. The fourth-order valence-corrected chi connectivity index (χ4v) is 5.14. The molecule has 4 heterocycles. The number of fused-ring (bicyclic) bond motifs is 2. The number of likely N-dealkylation sites (tertiary alicyclic amines) is 1. The monoisotopic (exact) mass is 447 g/mol. The van der Waals surface area contributed by atoms with Gasteiger partial charge in [0.25, 0.3) is 11.5 Å². The molecule has 3 aromatic rings. The molecule has 2 atom stereocenters. The normalized spacial score (nSPS) is 22.5. The summed E-state index contributed by atoms with van der Waals surface area (Å²) in [7, 11) is 0. The lowest BCUT2D eigenvalue weighted by molar-refractivity contribution is -0.126. The van der Waals surface area contributed by atoms with E-state index in [1.807, 2.05) is 17.1 Å². The van der Waals surface area contributed by atoms with Crippen LogP contribution in [0.5, 0.6) is 0 Å². The molecule has 0 bridgehead atoms. The molecular formula is C23H22FN7O2. The number of nitrogens with zero attached hydrogens (tertiary/aromatic N) is 6. The van der Waals surface area contributed by atoms with Crippen molar-refractivity contribution in [3.8, 4) is 0 Å². The molecule has 0 saturated carbocycles. The summed E-state index contributed by atoms with van der Waals surface area (Å²) < 4.78 is 13.5. The number of aromatic nitrogens is 5. The molecule has 2 fully saturated rings. The lowest BCUT2D eigenvalue weighted by Gasteiger charge is -2.24. The fraction of sp³-hybridized carbons (Fsp3) is 0.348. The Hall–Kier alpha value is -3.82. The van der Waals surface area contributed by atoms with Gasteiger partial charge in [0.15, 0.2) is 0 Å². The van der Waals surface area contributed by atoms with Crippen LogP contribution in [0.3, 0.4) is 0 Å². The van der Waals surface area contributed by atoms with E-state index in [0.29, 0.717) is 55.1 Å². The molecule has 2 unspecified atom stereocenters. The Kier molecular flexibility index (Phi) is 4.60. The third kappa shape index (κ3) is 3.42.